The Hall–Kier alpha value is -2.33. The van der Waals surface area contributed by atoms with Gasteiger partial charge in [0, 0.05) is 37.3 Å². The number of aliphatic hydroxyl groups is 2. The molecule has 29 heavy (non-hydrogen) atoms. The average Bonchev–Trinajstić information content (AvgIpc) is 3.10. The second kappa shape index (κ2) is 9.93. The Balaban J connectivity index is 1.89. The van der Waals surface area contributed by atoms with Crippen molar-refractivity contribution in [1.29, 1.82) is 0 Å². The van der Waals surface area contributed by atoms with Crippen molar-refractivity contribution in [3.05, 3.63) is 58.0 Å². The molecule has 2 aromatic heterocycles. The fourth-order valence-electron chi connectivity index (χ4n) is 3.45. The Labute approximate surface area is 173 Å². The number of anilines is 1. The number of aromatic amines is 2. The Kier molecular flexibility index (Phi) is 7.32. The molecular formula is C20H27N5O3S. The molecule has 0 aliphatic rings. The number of H-pyrrole nitrogens is 2. The van der Waals surface area contributed by atoms with Crippen molar-refractivity contribution in [2.24, 2.45) is 5.92 Å². The van der Waals surface area contributed by atoms with E-state index < -0.39 is 6.10 Å². The molecule has 1 aromatic carbocycles. The van der Waals surface area contributed by atoms with E-state index in [2.05, 4.69) is 32.0 Å². The second-order valence-electron chi connectivity index (χ2n) is 7.11. The largest absolute Gasteiger partial charge is 0.394 e. The first-order chi connectivity index (χ1) is 14.0. The number of hydrogen-bond acceptors (Lipinski definition) is 7. The highest BCUT2D eigenvalue weighted by atomic mass is 32.2. The summed E-state index contributed by atoms with van der Waals surface area (Å²) < 4.78 is 0. The van der Waals surface area contributed by atoms with Crippen LogP contribution in [0.25, 0.3) is 11.0 Å². The van der Waals surface area contributed by atoms with Gasteiger partial charge in [0.1, 0.15) is 11.0 Å². The van der Waals surface area contributed by atoms with Crippen LogP contribution in [-0.4, -0.2) is 61.3 Å². The summed E-state index contributed by atoms with van der Waals surface area (Å²) in [5, 5.41) is 19.7. The number of nitrogens with one attached hydrogen (secondary N) is 2. The molecule has 0 amide bonds. The lowest BCUT2D eigenvalue weighted by atomic mass is 10.0. The van der Waals surface area contributed by atoms with E-state index in [1.54, 1.807) is 18.0 Å². The molecule has 0 spiro atoms. The van der Waals surface area contributed by atoms with Crippen LogP contribution in [0.4, 0.5) is 5.95 Å². The van der Waals surface area contributed by atoms with Gasteiger partial charge in [-0.3, -0.25) is 14.7 Å². The van der Waals surface area contributed by atoms with Crippen LogP contribution in [0, 0.1) is 5.92 Å². The van der Waals surface area contributed by atoms with Gasteiger partial charge in [-0.15, -0.1) is 0 Å². The number of hydrogen-bond donors (Lipinski definition) is 5. The molecular weight excluding hydrogens is 390 g/mol. The molecule has 0 saturated heterocycles. The standard InChI is InChI=1S/C20H27N5O3S/c1-29-12-15(16(27)11-26)10-25(8-13-5-3-2-4-6-13)9-14-7-22-18-17(14)23-20(21)24-19(18)28/h2-7,15-16,22,26-27H,8-12H2,1H3,(H3,21,23,24,28). The van der Waals surface area contributed by atoms with Gasteiger partial charge in [0.15, 0.2) is 0 Å². The number of nitrogens with two attached hydrogens (primary N) is 1. The average molecular weight is 418 g/mol. The molecule has 8 nitrogen and oxygen atoms in total. The van der Waals surface area contributed by atoms with E-state index in [-0.39, 0.29) is 24.0 Å². The highest BCUT2D eigenvalue weighted by molar-refractivity contribution is 7.98. The van der Waals surface area contributed by atoms with Crippen molar-refractivity contribution >= 4 is 28.7 Å². The third kappa shape index (κ3) is 5.39. The molecule has 2 heterocycles. The van der Waals surface area contributed by atoms with Crippen LogP contribution < -0.4 is 11.3 Å². The van der Waals surface area contributed by atoms with E-state index in [9.17, 15) is 15.0 Å². The van der Waals surface area contributed by atoms with Crippen LogP contribution in [0.3, 0.4) is 0 Å². The van der Waals surface area contributed by atoms with Crippen molar-refractivity contribution in [2.75, 3.05) is 30.9 Å². The van der Waals surface area contributed by atoms with Gasteiger partial charge in [-0.05, 0) is 17.6 Å². The van der Waals surface area contributed by atoms with Crippen molar-refractivity contribution in [3.8, 4) is 0 Å². The summed E-state index contributed by atoms with van der Waals surface area (Å²) in [4.78, 5) is 24.1. The number of thioether (sulfide) groups is 1. The molecule has 2 unspecified atom stereocenters. The molecule has 6 N–H and O–H groups in total. The number of nitrogen functional groups attached to an aromatic ring is 1. The van der Waals surface area contributed by atoms with Gasteiger partial charge in [-0.1, -0.05) is 30.3 Å². The summed E-state index contributed by atoms with van der Waals surface area (Å²) in [5.41, 5.74) is 8.36. The van der Waals surface area contributed by atoms with E-state index in [0.717, 1.165) is 16.9 Å². The zero-order valence-corrected chi connectivity index (χ0v) is 17.2. The van der Waals surface area contributed by atoms with Gasteiger partial charge in [-0.25, -0.2) is 4.98 Å². The smallest absolute Gasteiger partial charge is 0.276 e. The lowest BCUT2D eigenvalue weighted by Gasteiger charge is -2.29. The van der Waals surface area contributed by atoms with Crippen LogP contribution >= 0.6 is 11.8 Å². The molecule has 156 valence electrons. The van der Waals surface area contributed by atoms with Gasteiger partial charge >= 0.3 is 0 Å². The first-order valence-electron chi connectivity index (χ1n) is 9.41. The minimum atomic E-state index is -0.791. The van der Waals surface area contributed by atoms with Crippen LogP contribution in [0.1, 0.15) is 11.1 Å². The summed E-state index contributed by atoms with van der Waals surface area (Å²) in [5.74, 6) is 0.713. The number of benzene rings is 1. The molecule has 0 aliphatic carbocycles. The van der Waals surface area contributed by atoms with E-state index in [4.69, 9.17) is 5.73 Å². The summed E-state index contributed by atoms with van der Waals surface area (Å²) in [6.07, 6.45) is 2.97. The number of rotatable bonds is 10. The zero-order valence-electron chi connectivity index (χ0n) is 16.3. The first kappa shape index (κ1) is 21.4. The third-order valence-corrected chi connectivity index (χ3v) is 5.64. The molecule has 0 fully saturated rings. The van der Waals surface area contributed by atoms with E-state index >= 15 is 0 Å². The SMILES string of the molecule is CSCC(CN(Cc1ccccc1)Cc1c[nH]c2c(=O)[nH]c(N)nc12)C(O)CO. The van der Waals surface area contributed by atoms with Crippen LogP contribution in [0.15, 0.2) is 41.3 Å². The molecule has 0 bridgehead atoms. The Morgan fingerprint density at radius 2 is 2.03 bits per heavy atom. The Bertz CT molecular complexity index is 975. The predicted molar refractivity (Wildman–Crippen MR) is 117 cm³/mol. The molecule has 3 aromatic rings. The summed E-state index contributed by atoms with van der Waals surface area (Å²) in [7, 11) is 0. The lowest BCUT2D eigenvalue weighted by Crippen LogP contribution is -2.37. The van der Waals surface area contributed by atoms with Crippen molar-refractivity contribution in [3.63, 3.8) is 0 Å². The maximum absolute atomic E-state index is 12.1. The maximum Gasteiger partial charge on any atom is 0.276 e. The number of aromatic nitrogens is 3. The third-order valence-electron chi connectivity index (χ3n) is 4.88. The van der Waals surface area contributed by atoms with Gasteiger partial charge in [0.2, 0.25) is 5.95 Å². The molecule has 0 radical (unpaired) electrons. The number of nitrogens with zero attached hydrogens (tertiary/aromatic N) is 2. The highest BCUT2D eigenvalue weighted by Gasteiger charge is 2.23. The summed E-state index contributed by atoms with van der Waals surface area (Å²) in [6, 6.07) is 10.1. The van der Waals surface area contributed by atoms with Crippen molar-refractivity contribution in [1.82, 2.24) is 19.9 Å². The van der Waals surface area contributed by atoms with Crippen LogP contribution in [0.2, 0.25) is 0 Å². The second-order valence-corrected chi connectivity index (χ2v) is 8.02. The van der Waals surface area contributed by atoms with E-state index in [1.807, 2.05) is 24.5 Å². The molecule has 3 rings (SSSR count). The number of fused-ring (bicyclic) bond motifs is 1. The minimum absolute atomic E-state index is 0.0777. The quantitative estimate of drug-likeness (QED) is 0.335. The van der Waals surface area contributed by atoms with Crippen LogP contribution in [-0.2, 0) is 13.1 Å². The molecule has 9 heteroatoms. The summed E-state index contributed by atoms with van der Waals surface area (Å²) in [6.45, 7) is 1.50. The van der Waals surface area contributed by atoms with E-state index in [0.29, 0.717) is 30.7 Å². The van der Waals surface area contributed by atoms with Gasteiger partial charge in [-0.2, -0.15) is 11.8 Å². The monoisotopic (exact) mass is 417 g/mol. The Morgan fingerprint density at radius 1 is 1.28 bits per heavy atom. The maximum atomic E-state index is 12.1. The van der Waals surface area contributed by atoms with Gasteiger partial charge in [0.25, 0.3) is 5.56 Å². The van der Waals surface area contributed by atoms with Gasteiger partial charge < -0.3 is 20.9 Å². The number of aliphatic hydroxyl groups excluding tert-OH is 2. The van der Waals surface area contributed by atoms with Crippen molar-refractivity contribution < 1.29 is 10.2 Å². The van der Waals surface area contributed by atoms with Gasteiger partial charge in [0.05, 0.1) is 12.7 Å². The fourth-order valence-corrected chi connectivity index (χ4v) is 4.21. The normalized spacial score (nSPS) is 13.8. The highest BCUT2D eigenvalue weighted by Crippen LogP contribution is 2.20. The lowest BCUT2D eigenvalue weighted by molar-refractivity contribution is 0.0374. The summed E-state index contributed by atoms with van der Waals surface area (Å²) >= 11 is 1.64. The predicted octanol–water partition coefficient (Wildman–Crippen LogP) is 1.17. The molecule has 0 aliphatic heterocycles. The minimum Gasteiger partial charge on any atom is -0.394 e. The first-order valence-corrected chi connectivity index (χ1v) is 10.8. The zero-order chi connectivity index (χ0) is 20.8. The Morgan fingerprint density at radius 3 is 2.72 bits per heavy atom. The van der Waals surface area contributed by atoms with Crippen molar-refractivity contribution in [2.45, 2.75) is 19.2 Å². The topological polar surface area (TPSA) is 131 Å². The molecule has 2 atom stereocenters. The van der Waals surface area contributed by atoms with Crippen LogP contribution in [0.5, 0.6) is 0 Å². The fraction of sp³-hybridized carbons (Fsp3) is 0.400. The molecule has 0 saturated carbocycles. The van der Waals surface area contributed by atoms with E-state index in [1.165, 1.54) is 0 Å².